The van der Waals surface area contributed by atoms with Crippen LogP contribution in [0.25, 0.3) is 0 Å². The van der Waals surface area contributed by atoms with Gasteiger partial charge in [0.2, 0.25) is 0 Å². The van der Waals surface area contributed by atoms with Gasteiger partial charge in [-0.15, -0.1) is 0 Å². The minimum Gasteiger partial charge on any atom is -0.489 e. The molecule has 5 rings (SSSR count). The van der Waals surface area contributed by atoms with Crippen molar-refractivity contribution >= 4 is 11.4 Å². The number of nitrogens with two attached hydrogens (primary N) is 2. The van der Waals surface area contributed by atoms with E-state index in [1.54, 1.807) is 30.5 Å². The van der Waals surface area contributed by atoms with Crippen molar-refractivity contribution in [3.8, 4) is 17.6 Å². The van der Waals surface area contributed by atoms with E-state index in [0.29, 0.717) is 45.6 Å². The number of ether oxygens (including phenoxy) is 3. The van der Waals surface area contributed by atoms with E-state index in [1.807, 2.05) is 26.8 Å². The Morgan fingerprint density at radius 1 is 1.15 bits per heavy atom. The molecule has 10 nitrogen and oxygen atoms in total. The Labute approximate surface area is 234 Å². The molecule has 2 aliphatic heterocycles. The average Bonchev–Trinajstić information content (AvgIpc) is 2.90. The van der Waals surface area contributed by atoms with Crippen molar-refractivity contribution in [3.05, 3.63) is 75.6 Å². The predicted octanol–water partition coefficient (Wildman–Crippen LogP) is 3.55. The molecule has 0 saturated carbocycles. The van der Waals surface area contributed by atoms with Crippen LogP contribution in [0.15, 0.2) is 36.5 Å². The maximum atomic E-state index is 9.96. The van der Waals surface area contributed by atoms with Crippen molar-refractivity contribution < 1.29 is 14.2 Å². The molecular weight excluding hydrogens is 506 g/mol. The molecule has 0 amide bonds. The zero-order valence-corrected chi connectivity index (χ0v) is 23.1. The zero-order chi connectivity index (χ0) is 28.4. The molecule has 1 aromatic heterocycles. The van der Waals surface area contributed by atoms with Crippen molar-refractivity contribution in [1.82, 2.24) is 15.1 Å². The van der Waals surface area contributed by atoms with E-state index in [1.165, 1.54) is 0 Å². The number of hydrogen-bond acceptors (Lipinski definition) is 10. The largest absolute Gasteiger partial charge is 0.489 e. The summed E-state index contributed by atoms with van der Waals surface area (Å²) in [5.41, 5.74) is 17.8. The molecule has 0 spiro atoms. The molecule has 5 N–H and O–H groups in total. The van der Waals surface area contributed by atoms with Crippen LogP contribution in [-0.2, 0) is 4.74 Å². The highest BCUT2D eigenvalue weighted by Gasteiger charge is 2.31. The van der Waals surface area contributed by atoms with Gasteiger partial charge >= 0.3 is 0 Å². The zero-order valence-electron chi connectivity index (χ0n) is 23.1. The van der Waals surface area contributed by atoms with Crippen LogP contribution in [0.3, 0.4) is 0 Å². The normalized spacial score (nSPS) is 17.1. The van der Waals surface area contributed by atoms with E-state index in [0.717, 1.165) is 55.8 Å². The molecule has 0 unspecified atom stereocenters. The van der Waals surface area contributed by atoms with E-state index in [4.69, 9.17) is 31.1 Å². The van der Waals surface area contributed by atoms with Crippen LogP contribution in [0.5, 0.6) is 11.5 Å². The first-order valence-corrected chi connectivity index (χ1v) is 13.5. The van der Waals surface area contributed by atoms with Gasteiger partial charge in [0.05, 0.1) is 42.4 Å². The molecule has 0 bridgehead atoms. The quantitative estimate of drug-likeness (QED) is 0.220. The lowest BCUT2D eigenvalue weighted by atomic mass is 9.96. The molecule has 0 radical (unpaired) electrons. The number of nitrogens with one attached hydrogen (secondary N) is 1. The monoisotopic (exact) mass is 541 g/mol. The smallest absolute Gasteiger partial charge is 0.176 e. The molecule has 2 aromatic carbocycles. The lowest BCUT2D eigenvalue weighted by molar-refractivity contribution is -0.0778. The van der Waals surface area contributed by atoms with Gasteiger partial charge in [0.1, 0.15) is 23.7 Å². The number of nitrogens with zero attached hydrogens (tertiary/aromatic N) is 4. The van der Waals surface area contributed by atoms with Gasteiger partial charge in [-0.05, 0) is 75.1 Å². The van der Waals surface area contributed by atoms with Crippen molar-refractivity contribution in [2.24, 2.45) is 5.73 Å². The number of benzene rings is 2. The molecule has 208 valence electrons. The van der Waals surface area contributed by atoms with Crippen LogP contribution in [0.1, 0.15) is 58.1 Å². The Morgan fingerprint density at radius 2 is 1.90 bits per heavy atom. The molecule has 3 aromatic rings. The van der Waals surface area contributed by atoms with E-state index >= 15 is 0 Å². The van der Waals surface area contributed by atoms with Gasteiger partial charge in [0.25, 0.3) is 0 Å². The summed E-state index contributed by atoms with van der Waals surface area (Å²) in [5.74, 6) is 1.05. The average molecular weight is 542 g/mol. The van der Waals surface area contributed by atoms with Crippen molar-refractivity contribution in [2.45, 2.75) is 52.0 Å². The number of likely N-dealkylation sites (tertiary alicyclic amines) is 1. The van der Waals surface area contributed by atoms with Gasteiger partial charge in [-0.3, -0.25) is 16.0 Å². The summed E-state index contributed by atoms with van der Waals surface area (Å²) >= 11 is 0. The second kappa shape index (κ2) is 11.6. The van der Waals surface area contributed by atoms with Crippen LogP contribution < -0.4 is 20.9 Å². The minimum atomic E-state index is -0.765. The lowest BCUT2D eigenvalue weighted by Crippen LogP contribution is -2.52. The summed E-state index contributed by atoms with van der Waals surface area (Å²) in [6.45, 7) is 9.18. The van der Waals surface area contributed by atoms with E-state index < -0.39 is 6.23 Å². The molecule has 2 aliphatic rings. The summed E-state index contributed by atoms with van der Waals surface area (Å²) in [5, 5.41) is 26.9. The van der Waals surface area contributed by atoms with Crippen LogP contribution in [0, 0.1) is 37.5 Å². The van der Waals surface area contributed by atoms with Crippen molar-refractivity contribution in [1.29, 1.82) is 10.7 Å². The Bertz CT molecular complexity index is 1440. The standard InChI is InChI=1S/C30H35N7O3/c1-17-10-20(11-21(13-31)29(17)39-23-6-8-37(9-7-23)22-15-38-16-22)28(33)25-12-24(4-5-26(25)32)40-30(34)27-18(2)14-35-36-19(27)3/h4-5,10-12,14,22-23,30,33H,6-9,15-16,32,34H2,1-3H3/t30-/m0/s1. The Morgan fingerprint density at radius 3 is 2.55 bits per heavy atom. The highest BCUT2D eigenvalue weighted by atomic mass is 16.5. The predicted molar refractivity (Wildman–Crippen MR) is 152 cm³/mol. The van der Waals surface area contributed by atoms with Gasteiger partial charge in [-0.1, -0.05) is 0 Å². The highest BCUT2D eigenvalue weighted by Crippen LogP contribution is 2.32. The molecule has 0 aliphatic carbocycles. The molecule has 2 saturated heterocycles. The van der Waals surface area contributed by atoms with Gasteiger partial charge in [0, 0.05) is 35.5 Å². The fourth-order valence-electron chi connectivity index (χ4n) is 5.34. The summed E-state index contributed by atoms with van der Waals surface area (Å²) in [4.78, 5) is 2.46. The van der Waals surface area contributed by atoms with E-state index in [2.05, 4.69) is 21.2 Å². The SMILES string of the molecule is Cc1cc(C(=N)c2cc(O[C@H](N)c3c(C)cnnc3C)ccc2N)cc(C#N)c1OC1CCN(C2COC2)CC1. The first-order valence-electron chi connectivity index (χ1n) is 13.5. The number of rotatable bonds is 8. The van der Waals surface area contributed by atoms with E-state index in [-0.39, 0.29) is 11.8 Å². The number of hydrogen-bond donors (Lipinski definition) is 3. The number of aryl methyl sites for hydroxylation is 3. The van der Waals surface area contributed by atoms with Gasteiger partial charge < -0.3 is 19.9 Å². The summed E-state index contributed by atoms with van der Waals surface area (Å²) in [6.07, 6.45) is 2.73. The fraction of sp³-hybridized carbons (Fsp3) is 0.400. The van der Waals surface area contributed by atoms with Crippen LogP contribution in [0.4, 0.5) is 5.69 Å². The van der Waals surface area contributed by atoms with Crippen LogP contribution >= 0.6 is 0 Å². The van der Waals surface area contributed by atoms with Crippen molar-refractivity contribution in [2.75, 3.05) is 32.0 Å². The molecule has 1 atom stereocenters. The maximum absolute atomic E-state index is 9.96. The van der Waals surface area contributed by atoms with E-state index in [9.17, 15) is 5.26 Å². The Hall–Kier alpha value is -4.04. The van der Waals surface area contributed by atoms with Crippen molar-refractivity contribution in [3.63, 3.8) is 0 Å². The summed E-state index contributed by atoms with van der Waals surface area (Å²) in [6, 6.07) is 11.5. The molecule has 40 heavy (non-hydrogen) atoms. The van der Waals surface area contributed by atoms with Gasteiger partial charge in [0.15, 0.2) is 6.23 Å². The second-order valence-electron chi connectivity index (χ2n) is 10.5. The summed E-state index contributed by atoms with van der Waals surface area (Å²) < 4.78 is 17.7. The molecule has 3 heterocycles. The first kappa shape index (κ1) is 27.5. The second-order valence-corrected chi connectivity index (χ2v) is 10.5. The number of anilines is 1. The maximum Gasteiger partial charge on any atom is 0.176 e. The number of aromatic nitrogens is 2. The number of nitrogen functional groups attached to an aromatic ring is 1. The number of nitriles is 1. The Balaban J connectivity index is 1.33. The minimum absolute atomic E-state index is 0.0462. The Kier molecular flexibility index (Phi) is 7.98. The van der Waals surface area contributed by atoms with Crippen LogP contribution in [-0.4, -0.2) is 59.3 Å². The van der Waals surface area contributed by atoms with Crippen LogP contribution in [0.2, 0.25) is 0 Å². The fourth-order valence-corrected chi connectivity index (χ4v) is 5.34. The third-order valence-electron chi connectivity index (χ3n) is 7.70. The third kappa shape index (κ3) is 5.63. The molecule has 10 heteroatoms. The molecule has 2 fully saturated rings. The molecular formula is C30H35N7O3. The highest BCUT2D eigenvalue weighted by molar-refractivity contribution is 6.14. The summed E-state index contributed by atoms with van der Waals surface area (Å²) in [7, 11) is 0. The number of piperidine rings is 1. The third-order valence-corrected chi connectivity index (χ3v) is 7.70. The van der Waals surface area contributed by atoms with Gasteiger partial charge in [-0.25, -0.2) is 0 Å². The first-order chi connectivity index (χ1) is 19.2. The lowest BCUT2D eigenvalue weighted by Gasteiger charge is -2.41. The topological polar surface area (TPSA) is 156 Å². The van der Waals surface area contributed by atoms with Gasteiger partial charge in [-0.2, -0.15) is 15.5 Å².